The zero-order chi connectivity index (χ0) is 15.5. The molecule has 21 heavy (non-hydrogen) atoms. The van der Waals surface area contributed by atoms with E-state index in [-0.39, 0.29) is 5.75 Å². The molecular weight excluding hydrogens is 352 g/mol. The van der Waals surface area contributed by atoms with Gasteiger partial charge < -0.3 is 5.73 Å². The molecule has 2 aromatic carbocycles. The van der Waals surface area contributed by atoms with Gasteiger partial charge in [-0.15, -0.1) is 0 Å². The highest BCUT2D eigenvalue weighted by molar-refractivity contribution is 9.10. The number of aryl methyl sites for hydroxylation is 1. The molecule has 0 atom stereocenters. The lowest BCUT2D eigenvalue weighted by atomic mass is 10.1. The Morgan fingerprint density at radius 3 is 2.52 bits per heavy atom. The van der Waals surface area contributed by atoms with Crippen molar-refractivity contribution < 1.29 is 8.42 Å². The number of sulfonamides is 1. The average Bonchev–Trinajstić information content (AvgIpc) is 2.41. The third kappa shape index (κ3) is 4.56. The smallest absolute Gasteiger partial charge is 0.236 e. The van der Waals surface area contributed by atoms with Crippen LogP contribution in [-0.2, 0) is 22.3 Å². The van der Waals surface area contributed by atoms with Crippen molar-refractivity contribution >= 4 is 31.6 Å². The normalized spacial score (nSPS) is 11.4. The third-order valence-electron chi connectivity index (χ3n) is 3.04. The van der Waals surface area contributed by atoms with Gasteiger partial charge >= 0.3 is 0 Å². The summed E-state index contributed by atoms with van der Waals surface area (Å²) in [6.07, 6.45) is 0. The maximum absolute atomic E-state index is 12.3. The zero-order valence-electron chi connectivity index (χ0n) is 11.6. The predicted octanol–water partition coefficient (Wildman–Crippen LogP) is 3.16. The second kappa shape index (κ2) is 6.60. The van der Waals surface area contributed by atoms with Crippen LogP contribution in [0.3, 0.4) is 0 Å². The Bertz CT molecular complexity index is 745. The second-order valence-electron chi connectivity index (χ2n) is 4.84. The fourth-order valence-corrected chi connectivity index (χ4v) is 3.74. The SMILES string of the molecule is Cc1cc(Br)ccc1NS(=O)(=O)Cc1cccc(CN)c1. The molecule has 112 valence electrons. The Morgan fingerprint density at radius 1 is 1.14 bits per heavy atom. The van der Waals surface area contributed by atoms with Crippen LogP contribution < -0.4 is 10.5 Å². The van der Waals surface area contributed by atoms with Gasteiger partial charge in [0.2, 0.25) is 10.0 Å². The van der Waals surface area contributed by atoms with Crippen molar-refractivity contribution in [3.8, 4) is 0 Å². The van der Waals surface area contributed by atoms with E-state index < -0.39 is 10.0 Å². The van der Waals surface area contributed by atoms with Gasteiger partial charge in [-0.2, -0.15) is 0 Å². The fraction of sp³-hybridized carbons (Fsp3) is 0.200. The van der Waals surface area contributed by atoms with Gasteiger partial charge in [-0.1, -0.05) is 40.2 Å². The number of halogens is 1. The minimum absolute atomic E-state index is 0.0731. The quantitative estimate of drug-likeness (QED) is 0.851. The van der Waals surface area contributed by atoms with Gasteiger partial charge in [0.15, 0.2) is 0 Å². The van der Waals surface area contributed by atoms with E-state index in [0.717, 1.165) is 21.2 Å². The standard InChI is InChI=1S/C15H17BrN2O2S/c1-11-7-14(16)5-6-15(11)18-21(19,20)10-13-4-2-3-12(8-13)9-17/h2-8,18H,9-10,17H2,1H3. The molecule has 0 aromatic heterocycles. The highest BCUT2D eigenvalue weighted by Crippen LogP contribution is 2.22. The molecule has 3 N–H and O–H groups in total. The minimum Gasteiger partial charge on any atom is -0.326 e. The largest absolute Gasteiger partial charge is 0.326 e. The maximum Gasteiger partial charge on any atom is 0.236 e. The molecule has 0 aliphatic rings. The first-order valence-electron chi connectivity index (χ1n) is 6.44. The van der Waals surface area contributed by atoms with Gasteiger partial charge in [0.05, 0.1) is 11.4 Å². The number of hydrogen-bond donors (Lipinski definition) is 2. The summed E-state index contributed by atoms with van der Waals surface area (Å²) >= 11 is 3.36. The number of benzene rings is 2. The van der Waals surface area contributed by atoms with Crippen molar-refractivity contribution in [1.29, 1.82) is 0 Å². The van der Waals surface area contributed by atoms with Crippen molar-refractivity contribution in [2.24, 2.45) is 5.73 Å². The molecule has 2 rings (SSSR count). The van der Waals surface area contributed by atoms with E-state index in [1.54, 1.807) is 18.2 Å². The Balaban J connectivity index is 2.18. The maximum atomic E-state index is 12.3. The van der Waals surface area contributed by atoms with E-state index in [2.05, 4.69) is 20.7 Å². The molecule has 0 fully saturated rings. The van der Waals surface area contributed by atoms with Gasteiger partial charge in [-0.25, -0.2) is 8.42 Å². The molecule has 0 radical (unpaired) electrons. The number of nitrogens with one attached hydrogen (secondary N) is 1. The molecule has 0 bridgehead atoms. The molecule has 0 spiro atoms. The van der Waals surface area contributed by atoms with Crippen molar-refractivity contribution in [3.05, 3.63) is 63.6 Å². The first kappa shape index (κ1) is 16.0. The topological polar surface area (TPSA) is 72.2 Å². The lowest BCUT2D eigenvalue weighted by Gasteiger charge is -2.11. The van der Waals surface area contributed by atoms with Gasteiger partial charge in [0.25, 0.3) is 0 Å². The van der Waals surface area contributed by atoms with Crippen LogP contribution >= 0.6 is 15.9 Å². The molecule has 6 heteroatoms. The van der Waals surface area contributed by atoms with E-state index in [4.69, 9.17) is 5.73 Å². The third-order valence-corrected chi connectivity index (χ3v) is 4.78. The Labute approximate surface area is 133 Å². The molecule has 0 saturated heterocycles. The lowest BCUT2D eigenvalue weighted by molar-refractivity contribution is 0.600. The predicted molar refractivity (Wildman–Crippen MR) is 89.5 cm³/mol. The summed E-state index contributed by atoms with van der Waals surface area (Å²) in [5.41, 5.74) is 8.67. The van der Waals surface area contributed by atoms with Gasteiger partial charge in [0.1, 0.15) is 0 Å². The average molecular weight is 369 g/mol. The number of hydrogen-bond acceptors (Lipinski definition) is 3. The van der Waals surface area contributed by atoms with Crippen LogP contribution in [0.4, 0.5) is 5.69 Å². The molecule has 0 aliphatic heterocycles. The van der Waals surface area contributed by atoms with E-state index in [1.165, 1.54) is 0 Å². The van der Waals surface area contributed by atoms with Crippen molar-refractivity contribution in [3.63, 3.8) is 0 Å². The number of rotatable bonds is 5. The molecule has 0 saturated carbocycles. The van der Waals surface area contributed by atoms with Crippen LogP contribution in [0, 0.1) is 6.92 Å². The van der Waals surface area contributed by atoms with Crippen LogP contribution in [0.1, 0.15) is 16.7 Å². The Kier molecular flexibility index (Phi) is 5.03. The molecule has 4 nitrogen and oxygen atoms in total. The highest BCUT2D eigenvalue weighted by Gasteiger charge is 2.13. The Hall–Kier alpha value is -1.37. The number of anilines is 1. The van der Waals surface area contributed by atoms with Gasteiger partial charge in [0, 0.05) is 11.0 Å². The summed E-state index contributed by atoms with van der Waals surface area (Å²) in [5, 5.41) is 0. The molecule has 0 heterocycles. The molecular formula is C15H17BrN2O2S. The number of nitrogens with two attached hydrogens (primary N) is 1. The zero-order valence-corrected chi connectivity index (χ0v) is 14.0. The van der Waals surface area contributed by atoms with Gasteiger partial charge in [-0.05, 0) is 41.8 Å². The first-order valence-corrected chi connectivity index (χ1v) is 8.89. The fourth-order valence-electron chi connectivity index (χ4n) is 2.01. The molecule has 0 unspecified atom stereocenters. The summed E-state index contributed by atoms with van der Waals surface area (Å²) in [7, 11) is -3.45. The van der Waals surface area contributed by atoms with E-state index in [9.17, 15) is 8.42 Å². The summed E-state index contributed by atoms with van der Waals surface area (Å²) in [6.45, 7) is 2.25. The lowest BCUT2D eigenvalue weighted by Crippen LogP contribution is -2.16. The van der Waals surface area contributed by atoms with Crippen LogP contribution in [0.2, 0.25) is 0 Å². The highest BCUT2D eigenvalue weighted by atomic mass is 79.9. The van der Waals surface area contributed by atoms with Gasteiger partial charge in [-0.3, -0.25) is 4.72 Å². The summed E-state index contributed by atoms with van der Waals surface area (Å²) < 4.78 is 28.0. The first-order chi connectivity index (χ1) is 9.89. The summed E-state index contributed by atoms with van der Waals surface area (Å²) in [4.78, 5) is 0. The second-order valence-corrected chi connectivity index (χ2v) is 7.48. The minimum atomic E-state index is -3.45. The van der Waals surface area contributed by atoms with Crippen LogP contribution in [0.25, 0.3) is 0 Å². The molecule has 0 amide bonds. The monoisotopic (exact) mass is 368 g/mol. The van der Waals surface area contributed by atoms with Crippen LogP contribution in [0.15, 0.2) is 46.9 Å². The van der Waals surface area contributed by atoms with Crippen LogP contribution in [0.5, 0.6) is 0 Å². The van der Waals surface area contributed by atoms with E-state index >= 15 is 0 Å². The van der Waals surface area contributed by atoms with E-state index in [0.29, 0.717) is 12.2 Å². The van der Waals surface area contributed by atoms with E-state index in [1.807, 2.05) is 31.2 Å². The summed E-state index contributed by atoms with van der Waals surface area (Å²) in [6, 6.07) is 12.7. The molecule has 2 aromatic rings. The Morgan fingerprint density at radius 2 is 1.86 bits per heavy atom. The van der Waals surface area contributed by atoms with Crippen molar-refractivity contribution in [1.82, 2.24) is 0 Å². The van der Waals surface area contributed by atoms with Crippen LogP contribution in [-0.4, -0.2) is 8.42 Å². The summed E-state index contributed by atoms with van der Waals surface area (Å²) in [5.74, 6) is -0.0731. The van der Waals surface area contributed by atoms with Crippen molar-refractivity contribution in [2.45, 2.75) is 19.2 Å². The molecule has 0 aliphatic carbocycles. The van der Waals surface area contributed by atoms with Crippen molar-refractivity contribution in [2.75, 3.05) is 4.72 Å².